The fourth-order valence-electron chi connectivity index (χ4n) is 1.93. The molecule has 3 nitrogen and oxygen atoms in total. The lowest BCUT2D eigenvalue weighted by atomic mass is 10.1. The van der Waals surface area contributed by atoms with Crippen molar-refractivity contribution in [3.05, 3.63) is 64.4 Å². The zero-order chi connectivity index (χ0) is 17.0. The van der Waals surface area contributed by atoms with Gasteiger partial charge in [0, 0.05) is 11.1 Å². The molecule has 1 amide bonds. The molecule has 2 rings (SSSR count). The van der Waals surface area contributed by atoms with E-state index in [1.54, 1.807) is 6.92 Å². The predicted molar refractivity (Wildman–Crippen MR) is 82.8 cm³/mol. The van der Waals surface area contributed by atoms with E-state index in [4.69, 9.17) is 11.6 Å². The number of benzene rings is 2. The smallest absolute Gasteiger partial charge is 0.238 e. The number of rotatable bonds is 5. The van der Waals surface area contributed by atoms with Crippen molar-refractivity contribution in [1.82, 2.24) is 5.32 Å². The van der Waals surface area contributed by atoms with Crippen molar-refractivity contribution in [3.63, 3.8) is 0 Å². The van der Waals surface area contributed by atoms with Gasteiger partial charge in [-0.1, -0.05) is 17.7 Å². The van der Waals surface area contributed by atoms with Crippen LogP contribution >= 0.6 is 11.6 Å². The Kier molecular flexibility index (Phi) is 5.63. The Hall–Kier alpha value is -2.05. The van der Waals surface area contributed by atoms with Gasteiger partial charge in [-0.2, -0.15) is 0 Å². The average Bonchev–Trinajstić information content (AvgIpc) is 2.51. The Labute approximate surface area is 136 Å². The number of anilines is 1. The number of nitrogens with one attached hydrogen (secondary N) is 2. The van der Waals surface area contributed by atoms with Crippen molar-refractivity contribution in [1.29, 1.82) is 0 Å². The zero-order valence-electron chi connectivity index (χ0n) is 12.2. The van der Waals surface area contributed by atoms with Gasteiger partial charge in [0.1, 0.15) is 5.82 Å². The third-order valence-corrected chi connectivity index (χ3v) is 3.45. The van der Waals surface area contributed by atoms with E-state index in [-0.39, 0.29) is 18.3 Å². The molecule has 0 saturated heterocycles. The van der Waals surface area contributed by atoms with Crippen LogP contribution in [0.25, 0.3) is 0 Å². The van der Waals surface area contributed by atoms with Crippen molar-refractivity contribution >= 4 is 23.2 Å². The monoisotopic (exact) mass is 342 g/mol. The predicted octanol–water partition coefficient (Wildman–Crippen LogP) is 4.05. The highest BCUT2D eigenvalue weighted by atomic mass is 35.5. The molecule has 0 unspecified atom stereocenters. The second-order valence-electron chi connectivity index (χ2n) is 4.95. The summed E-state index contributed by atoms with van der Waals surface area (Å²) in [5.74, 6) is -2.98. The minimum Gasteiger partial charge on any atom is -0.322 e. The van der Waals surface area contributed by atoms with Crippen LogP contribution in [0.3, 0.4) is 0 Å². The second-order valence-corrected chi connectivity index (χ2v) is 5.38. The van der Waals surface area contributed by atoms with Gasteiger partial charge in [-0.05, 0) is 42.8 Å². The first-order valence-corrected chi connectivity index (χ1v) is 7.18. The zero-order valence-corrected chi connectivity index (χ0v) is 12.9. The van der Waals surface area contributed by atoms with E-state index in [9.17, 15) is 18.0 Å². The molecule has 7 heteroatoms. The van der Waals surface area contributed by atoms with Gasteiger partial charge in [-0.3, -0.25) is 4.79 Å². The van der Waals surface area contributed by atoms with Crippen LogP contribution in [0.1, 0.15) is 18.5 Å². The van der Waals surface area contributed by atoms with Crippen molar-refractivity contribution in [2.24, 2.45) is 0 Å². The SMILES string of the molecule is C[C@@H](NCC(=O)Nc1cc(Cl)ccc1F)c1ccc(F)c(F)c1. The van der Waals surface area contributed by atoms with Gasteiger partial charge in [-0.15, -0.1) is 0 Å². The molecule has 23 heavy (non-hydrogen) atoms. The molecule has 2 N–H and O–H groups in total. The summed E-state index contributed by atoms with van der Waals surface area (Å²) in [6.45, 7) is 1.56. The van der Waals surface area contributed by atoms with Crippen LogP contribution in [-0.2, 0) is 4.79 Å². The van der Waals surface area contributed by atoms with E-state index < -0.39 is 23.4 Å². The lowest BCUT2D eigenvalue weighted by Crippen LogP contribution is -2.30. The summed E-state index contributed by atoms with van der Waals surface area (Å²) in [7, 11) is 0. The molecule has 0 saturated carbocycles. The number of carbonyl (C=O) groups is 1. The molecule has 2 aromatic rings. The van der Waals surface area contributed by atoms with E-state index >= 15 is 0 Å². The third-order valence-electron chi connectivity index (χ3n) is 3.21. The Morgan fingerprint density at radius 3 is 2.48 bits per heavy atom. The number of amides is 1. The highest BCUT2D eigenvalue weighted by molar-refractivity contribution is 6.30. The van der Waals surface area contributed by atoms with E-state index in [1.807, 2.05) is 0 Å². The van der Waals surface area contributed by atoms with Crippen LogP contribution in [0.2, 0.25) is 5.02 Å². The molecular weight excluding hydrogens is 329 g/mol. The van der Waals surface area contributed by atoms with E-state index in [0.717, 1.165) is 18.2 Å². The fraction of sp³-hybridized carbons (Fsp3) is 0.188. The van der Waals surface area contributed by atoms with Crippen LogP contribution < -0.4 is 10.6 Å². The summed E-state index contributed by atoms with van der Waals surface area (Å²) in [6.07, 6.45) is 0. The van der Waals surface area contributed by atoms with Crippen LogP contribution in [0.4, 0.5) is 18.9 Å². The summed E-state index contributed by atoms with van der Waals surface area (Å²) in [5, 5.41) is 5.52. The van der Waals surface area contributed by atoms with Gasteiger partial charge in [0.15, 0.2) is 11.6 Å². The summed E-state index contributed by atoms with van der Waals surface area (Å²) in [6, 6.07) is 6.93. The van der Waals surface area contributed by atoms with Gasteiger partial charge >= 0.3 is 0 Å². The number of hydrogen-bond donors (Lipinski definition) is 2. The van der Waals surface area contributed by atoms with Crippen LogP contribution in [0.5, 0.6) is 0 Å². The first kappa shape index (κ1) is 17.3. The Bertz CT molecular complexity index is 724. The molecule has 0 spiro atoms. The summed E-state index contributed by atoms with van der Waals surface area (Å²) >= 11 is 5.74. The normalized spacial score (nSPS) is 12.0. The maximum atomic E-state index is 13.5. The average molecular weight is 343 g/mol. The summed E-state index contributed by atoms with van der Waals surface area (Å²) in [4.78, 5) is 11.8. The molecular formula is C16H14ClF3N2O. The van der Waals surface area contributed by atoms with Crippen molar-refractivity contribution < 1.29 is 18.0 Å². The maximum absolute atomic E-state index is 13.5. The molecule has 0 aliphatic heterocycles. The maximum Gasteiger partial charge on any atom is 0.238 e. The number of hydrogen-bond acceptors (Lipinski definition) is 2. The lowest BCUT2D eigenvalue weighted by molar-refractivity contribution is -0.115. The molecule has 0 radical (unpaired) electrons. The van der Waals surface area contributed by atoms with Crippen molar-refractivity contribution in [3.8, 4) is 0 Å². The summed E-state index contributed by atoms with van der Waals surface area (Å²) < 4.78 is 39.6. The highest BCUT2D eigenvalue weighted by Gasteiger charge is 2.12. The van der Waals surface area contributed by atoms with Gasteiger partial charge < -0.3 is 10.6 Å². The second kappa shape index (κ2) is 7.48. The fourth-order valence-corrected chi connectivity index (χ4v) is 2.11. The van der Waals surface area contributed by atoms with Crippen LogP contribution in [0, 0.1) is 17.5 Å². The van der Waals surface area contributed by atoms with Gasteiger partial charge in [0.05, 0.1) is 12.2 Å². The first-order valence-electron chi connectivity index (χ1n) is 6.80. The third kappa shape index (κ3) is 4.71. The molecule has 122 valence electrons. The Morgan fingerprint density at radius 1 is 1.09 bits per heavy atom. The molecule has 0 aromatic heterocycles. The number of carbonyl (C=O) groups excluding carboxylic acids is 1. The van der Waals surface area contributed by atoms with Crippen molar-refractivity contribution in [2.45, 2.75) is 13.0 Å². The van der Waals surface area contributed by atoms with Gasteiger partial charge in [-0.25, -0.2) is 13.2 Å². The molecule has 0 fully saturated rings. The lowest BCUT2D eigenvalue weighted by Gasteiger charge is -2.14. The Morgan fingerprint density at radius 2 is 1.78 bits per heavy atom. The van der Waals surface area contributed by atoms with Gasteiger partial charge in [0.25, 0.3) is 0 Å². The molecule has 0 aliphatic carbocycles. The van der Waals surface area contributed by atoms with Crippen LogP contribution in [-0.4, -0.2) is 12.5 Å². The first-order chi connectivity index (χ1) is 10.9. The van der Waals surface area contributed by atoms with E-state index in [0.29, 0.717) is 10.6 Å². The minimum absolute atomic E-state index is 0.0234. The summed E-state index contributed by atoms with van der Waals surface area (Å²) in [5.41, 5.74) is 0.468. The highest BCUT2D eigenvalue weighted by Crippen LogP contribution is 2.19. The molecule has 0 aliphatic rings. The van der Waals surface area contributed by atoms with E-state index in [2.05, 4.69) is 10.6 Å². The quantitative estimate of drug-likeness (QED) is 0.860. The number of halogens is 4. The van der Waals surface area contributed by atoms with Crippen molar-refractivity contribution in [2.75, 3.05) is 11.9 Å². The molecule has 0 heterocycles. The molecule has 2 aromatic carbocycles. The Balaban J connectivity index is 1.93. The molecule has 1 atom stereocenters. The van der Waals surface area contributed by atoms with E-state index in [1.165, 1.54) is 18.2 Å². The molecule has 0 bridgehead atoms. The standard InChI is InChI=1S/C16H14ClF3N2O/c1-9(10-2-4-12(18)14(20)6-10)21-8-16(23)22-15-7-11(17)3-5-13(15)19/h2-7,9,21H,8H2,1H3,(H,22,23)/t9-/m1/s1. The minimum atomic E-state index is -0.957. The largest absolute Gasteiger partial charge is 0.322 e. The topological polar surface area (TPSA) is 41.1 Å². The van der Waals surface area contributed by atoms with Crippen LogP contribution in [0.15, 0.2) is 36.4 Å². The van der Waals surface area contributed by atoms with Gasteiger partial charge in [0.2, 0.25) is 5.91 Å².